The molecule has 0 spiro atoms. The highest BCUT2D eigenvalue weighted by atomic mass is 28.3. The molecular weight excluding hydrogens is 100 g/mol. The SMILES string of the molecule is CC1=C(C)[Si]1(C)C. The van der Waals surface area contributed by atoms with Gasteiger partial charge >= 0.3 is 0 Å². The van der Waals surface area contributed by atoms with Crippen LogP contribution in [0.4, 0.5) is 0 Å². The molecular formula is C6H12Si. The van der Waals surface area contributed by atoms with Crippen LogP contribution in [0, 0.1) is 0 Å². The molecule has 0 aromatic heterocycles. The smallest absolute Gasteiger partial charge is 0.0839 e. The van der Waals surface area contributed by atoms with E-state index in [0.29, 0.717) is 0 Å². The van der Waals surface area contributed by atoms with E-state index >= 15 is 0 Å². The fourth-order valence-electron chi connectivity index (χ4n) is 0.875. The van der Waals surface area contributed by atoms with E-state index in [9.17, 15) is 0 Å². The monoisotopic (exact) mass is 112 g/mol. The van der Waals surface area contributed by atoms with E-state index in [-0.39, 0.29) is 0 Å². The number of hydrogen-bond acceptors (Lipinski definition) is 0. The average molecular weight is 112 g/mol. The van der Waals surface area contributed by atoms with Crippen molar-refractivity contribution in [2.45, 2.75) is 26.9 Å². The van der Waals surface area contributed by atoms with E-state index in [1.165, 1.54) is 0 Å². The van der Waals surface area contributed by atoms with Crippen molar-refractivity contribution in [1.82, 2.24) is 0 Å². The molecule has 0 unspecified atom stereocenters. The topological polar surface area (TPSA) is 0 Å². The van der Waals surface area contributed by atoms with Gasteiger partial charge in [-0.05, 0) is 13.8 Å². The summed E-state index contributed by atoms with van der Waals surface area (Å²) in [4.78, 5) is 0. The molecule has 1 aliphatic rings. The highest BCUT2D eigenvalue weighted by Crippen LogP contribution is 2.39. The van der Waals surface area contributed by atoms with Gasteiger partial charge in [-0.15, -0.1) is 0 Å². The largest absolute Gasteiger partial charge is 0.101 e. The summed E-state index contributed by atoms with van der Waals surface area (Å²) in [6.07, 6.45) is 0. The number of rotatable bonds is 0. The summed E-state index contributed by atoms with van der Waals surface area (Å²) in [5.74, 6) is 0. The first-order valence-electron chi connectivity index (χ1n) is 2.75. The molecule has 0 radical (unpaired) electrons. The van der Waals surface area contributed by atoms with Crippen LogP contribution in [-0.2, 0) is 0 Å². The summed E-state index contributed by atoms with van der Waals surface area (Å²) in [5, 5.41) is 3.43. The van der Waals surface area contributed by atoms with Gasteiger partial charge in [0.1, 0.15) is 8.07 Å². The van der Waals surface area contributed by atoms with Gasteiger partial charge in [-0.25, -0.2) is 0 Å². The quantitative estimate of drug-likeness (QED) is 0.421. The summed E-state index contributed by atoms with van der Waals surface area (Å²) >= 11 is 0. The standard InChI is InChI=1S/C6H12Si/c1-5-6(2)7(5,3)4/h1-4H3. The lowest BCUT2D eigenvalue weighted by molar-refractivity contribution is 1.64. The first-order valence-corrected chi connectivity index (χ1v) is 5.75. The van der Waals surface area contributed by atoms with Crippen molar-refractivity contribution in [3.63, 3.8) is 0 Å². The minimum atomic E-state index is -0.735. The molecule has 0 bridgehead atoms. The molecule has 40 valence electrons. The molecule has 0 amide bonds. The first kappa shape index (κ1) is 5.10. The fraction of sp³-hybridized carbons (Fsp3) is 0.667. The molecule has 0 saturated carbocycles. The normalized spacial score (nSPS) is 25.7. The van der Waals surface area contributed by atoms with Gasteiger partial charge in [0.25, 0.3) is 0 Å². The second-order valence-corrected chi connectivity index (χ2v) is 7.62. The molecule has 0 aliphatic carbocycles. The van der Waals surface area contributed by atoms with Gasteiger partial charge in [0, 0.05) is 0 Å². The molecule has 0 atom stereocenters. The molecule has 0 aromatic rings. The third kappa shape index (κ3) is 0.479. The molecule has 0 nitrogen and oxygen atoms in total. The van der Waals surface area contributed by atoms with Crippen LogP contribution in [0.3, 0.4) is 0 Å². The van der Waals surface area contributed by atoms with E-state index in [1.807, 2.05) is 0 Å². The summed E-state index contributed by atoms with van der Waals surface area (Å²) < 4.78 is 0. The highest BCUT2D eigenvalue weighted by molar-refractivity contribution is 7.00. The molecule has 0 fully saturated rings. The van der Waals surface area contributed by atoms with Crippen molar-refractivity contribution in [2.75, 3.05) is 0 Å². The van der Waals surface area contributed by atoms with Crippen molar-refractivity contribution < 1.29 is 0 Å². The molecule has 7 heavy (non-hydrogen) atoms. The van der Waals surface area contributed by atoms with E-state index in [1.54, 1.807) is 10.4 Å². The highest BCUT2D eigenvalue weighted by Gasteiger charge is 2.39. The van der Waals surface area contributed by atoms with E-state index in [2.05, 4.69) is 26.9 Å². The van der Waals surface area contributed by atoms with Crippen molar-refractivity contribution in [3.8, 4) is 0 Å². The van der Waals surface area contributed by atoms with Crippen molar-refractivity contribution in [2.24, 2.45) is 0 Å². The summed E-state index contributed by atoms with van der Waals surface area (Å²) in [6.45, 7) is 9.33. The first-order chi connectivity index (χ1) is 3.07. The Labute approximate surface area is 46.2 Å². The second kappa shape index (κ2) is 1.02. The molecule has 0 saturated heterocycles. The fourth-order valence-corrected chi connectivity index (χ4v) is 3.38. The Morgan fingerprint density at radius 1 is 1.00 bits per heavy atom. The zero-order valence-corrected chi connectivity index (χ0v) is 6.50. The lowest BCUT2D eigenvalue weighted by Crippen LogP contribution is -2.06. The predicted molar refractivity (Wildman–Crippen MR) is 35.9 cm³/mol. The molecule has 0 aromatic carbocycles. The van der Waals surface area contributed by atoms with Gasteiger partial charge in [-0.1, -0.05) is 23.5 Å². The van der Waals surface area contributed by atoms with Gasteiger partial charge in [-0.3, -0.25) is 0 Å². The maximum Gasteiger partial charge on any atom is 0.101 e. The lowest BCUT2D eigenvalue weighted by Gasteiger charge is -1.94. The molecule has 1 aliphatic heterocycles. The van der Waals surface area contributed by atoms with Crippen molar-refractivity contribution >= 4 is 8.07 Å². The summed E-state index contributed by atoms with van der Waals surface area (Å²) in [5.41, 5.74) is 0. The van der Waals surface area contributed by atoms with Crippen LogP contribution >= 0.6 is 0 Å². The number of allylic oxidation sites excluding steroid dienone is 2. The van der Waals surface area contributed by atoms with Crippen LogP contribution in [0.2, 0.25) is 13.1 Å². The zero-order chi connectivity index (χ0) is 5.65. The Morgan fingerprint density at radius 2 is 1.14 bits per heavy atom. The number of hydrogen-bond donors (Lipinski definition) is 0. The van der Waals surface area contributed by atoms with E-state index < -0.39 is 8.07 Å². The van der Waals surface area contributed by atoms with Gasteiger partial charge in [0.15, 0.2) is 0 Å². The van der Waals surface area contributed by atoms with Gasteiger partial charge in [0.2, 0.25) is 0 Å². The Hall–Kier alpha value is -0.0431. The predicted octanol–water partition coefficient (Wildman–Crippen LogP) is 2.12. The molecule has 1 heterocycles. The van der Waals surface area contributed by atoms with Crippen LogP contribution in [0.1, 0.15) is 13.8 Å². The maximum absolute atomic E-state index is 2.40. The van der Waals surface area contributed by atoms with Crippen LogP contribution in [0.25, 0.3) is 0 Å². The summed E-state index contributed by atoms with van der Waals surface area (Å²) in [6, 6.07) is 0. The lowest BCUT2D eigenvalue weighted by atomic mass is 10.6. The molecule has 1 rings (SSSR count). The minimum Gasteiger partial charge on any atom is -0.0839 e. The van der Waals surface area contributed by atoms with Crippen LogP contribution in [0.5, 0.6) is 0 Å². The second-order valence-electron chi connectivity index (χ2n) is 2.88. The minimum absolute atomic E-state index is 0.735. The third-order valence-corrected chi connectivity index (χ3v) is 6.62. The maximum atomic E-state index is 2.40. The zero-order valence-electron chi connectivity index (χ0n) is 5.50. The van der Waals surface area contributed by atoms with Crippen LogP contribution < -0.4 is 0 Å². The van der Waals surface area contributed by atoms with Gasteiger partial charge < -0.3 is 0 Å². The third-order valence-electron chi connectivity index (χ3n) is 2.38. The molecule has 0 N–H and O–H groups in total. The van der Waals surface area contributed by atoms with Gasteiger partial charge in [-0.2, -0.15) is 0 Å². The Balaban J connectivity index is 2.69. The Morgan fingerprint density at radius 3 is 1.14 bits per heavy atom. The molecule has 1 heteroatoms. The van der Waals surface area contributed by atoms with Crippen LogP contribution in [-0.4, -0.2) is 8.07 Å². The summed E-state index contributed by atoms with van der Waals surface area (Å²) in [7, 11) is -0.735. The van der Waals surface area contributed by atoms with Crippen molar-refractivity contribution in [3.05, 3.63) is 10.4 Å². The Bertz CT molecular complexity index is 117. The van der Waals surface area contributed by atoms with E-state index in [0.717, 1.165) is 0 Å². The van der Waals surface area contributed by atoms with E-state index in [4.69, 9.17) is 0 Å². The Kier molecular flexibility index (Phi) is 0.746. The van der Waals surface area contributed by atoms with Crippen molar-refractivity contribution in [1.29, 1.82) is 0 Å². The van der Waals surface area contributed by atoms with Gasteiger partial charge in [0.05, 0.1) is 0 Å². The van der Waals surface area contributed by atoms with Crippen LogP contribution in [0.15, 0.2) is 10.4 Å². The average Bonchev–Trinajstić information content (AvgIpc) is 1.91.